The molecule has 3 rings (SSSR count). The molecule has 0 saturated carbocycles. The molecule has 0 aliphatic rings. The van der Waals surface area contributed by atoms with E-state index < -0.39 is 0 Å². The highest BCUT2D eigenvalue weighted by atomic mass is 32.1. The van der Waals surface area contributed by atoms with Crippen molar-refractivity contribution in [2.45, 2.75) is 0 Å². The second-order valence-electron chi connectivity index (χ2n) is 4.10. The highest BCUT2D eigenvalue weighted by molar-refractivity contribution is 7.20. The van der Waals surface area contributed by atoms with E-state index in [1.54, 1.807) is 23.7 Å². The third-order valence-corrected chi connectivity index (χ3v) is 3.98. The first-order valence-corrected chi connectivity index (χ1v) is 6.69. The Kier molecular flexibility index (Phi) is 3.09. The topological polar surface area (TPSA) is 36.7 Å². The molecular formula is C16H10N2S. The van der Waals surface area contributed by atoms with Gasteiger partial charge >= 0.3 is 0 Å². The van der Waals surface area contributed by atoms with Gasteiger partial charge < -0.3 is 0 Å². The molecule has 0 bridgehead atoms. The van der Waals surface area contributed by atoms with Gasteiger partial charge in [-0.15, -0.1) is 11.3 Å². The zero-order valence-corrected chi connectivity index (χ0v) is 10.9. The lowest BCUT2D eigenvalue weighted by Gasteiger charge is -1.94. The van der Waals surface area contributed by atoms with Gasteiger partial charge in [0, 0.05) is 22.0 Å². The summed E-state index contributed by atoms with van der Waals surface area (Å²) in [7, 11) is 0. The van der Waals surface area contributed by atoms with Gasteiger partial charge in [-0.05, 0) is 41.3 Å². The van der Waals surface area contributed by atoms with E-state index in [2.05, 4.69) is 29.3 Å². The number of fused-ring (bicyclic) bond motifs is 1. The summed E-state index contributed by atoms with van der Waals surface area (Å²) in [6.45, 7) is 0. The molecule has 0 N–H and O–H groups in total. The molecular weight excluding hydrogens is 252 g/mol. The summed E-state index contributed by atoms with van der Waals surface area (Å²) < 4.78 is 1.20. The normalized spacial score (nSPS) is 11.4. The van der Waals surface area contributed by atoms with Crippen molar-refractivity contribution in [1.29, 1.82) is 5.26 Å². The highest BCUT2D eigenvalue weighted by Crippen LogP contribution is 2.31. The fourth-order valence-electron chi connectivity index (χ4n) is 1.90. The van der Waals surface area contributed by atoms with Crippen LogP contribution in [0.3, 0.4) is 0 Å². The van der Waals surface area contributed by atoms with Gasteiger partial charge in [-0.25, -0.2) is 0 Å². The fourth-order valence-corrected chi connectivity index (χ4v) is 2.93. The molecule has 2 heterocycles. The van der Waals surface area contributed by atoms with E-state index >= 15 is 0 Å². The number of pyridine rings is 1. The van der Waals surface area contributed by atoms with Crippen LogP contribution in [0.5, 0.6) is 0 Å². The van der Waals surface area contributed by atoms with Gasteiger partial charge in [0.1, 0.15) is 6.07 Å². The number of hydrogen-bond acceptors (Lipinski definition) is 3. The van der Waals surface area contributed by atoms with Crippen LogP contribution in [-0.4, -0.2) is 4.98 Å². The Morgan fingerprint density at radius 2 is 1.95 bits per heavy atom. The Balaban J connectivity index is 2.08. The highest BCUT2D eigenvalue weighted by Gasteiger charge is 2.06. The maximum Gasteiger partial charge on any atom is 0.101 e. The number of hydrogen-bond donors (Lipinski definition) is 0. The molecule has 2 aromatic heterocycles. The Labute approximate surface area is 115 Å². The lowest BCUT2D eigenvalue weighted by molar-refractivity contribution is 1.32. The average molecular weight is 262 g/mol. The molecule has 1 aromatic carbocycles. The second kappa shape index (κ2) is 5.05. The van der Waals surface area contributed by atoms with E-state index in [0.29, 0.717) is 5.57 Å². The minimum atomic E-state index is 0.687. The molecule has 90 valence electrons. The second-order valence-corrected chi connectivity index (χ2v) is 5.18. The van der Waals surface area contributed by atoms with Crippen LogP contribution in [0, 0.1) is 11.3 Å². The van der Waals surface area contributed by atoms with Crippen LogP contribution in [0.1, 0.15) is 10.4 Å². The minimum Gasteiger partial charge on any atom is -0.265 e. The van der Waals surface area contributed by atoms with E-state index in [1.807, 2.05) is 30.3 Å². The van der Waals surface area contributed by atoms with Gasteiger partial charge in [0.25, 0.3) is 0 Å². The van der Waals surface area contributed by atoms with Crippen molar-refractivity contribution in [3.05, 3.63) is 65.3 Å². The summed E-state index contributed by atoms with van der Waals surface area (Å²) in [5.74, 6) is 0. The summed E-state index contributed by atoms with van der Waals surface area (Å²) >= 11 is 1.64. The molecule has 0 atom stereocenters. The predicted octanol–water partition coefficient (Wildman–Crippen LogP) is 4.36. The van der Waals surface area contributed by atoms with Gasteiger partial charge in [-0.1, -0.05) is 18.2 Å². The van der Waals surface area contributed by atoms with Crippen LogP contribution >= 0.6 is 11.3 Å². The number of benzene rings is 1. The third kappa shape index (κ3) is 2.40. The smallest absolute Gasteiger partial charge is 0.101 e. The Morgan fingerprint density at radius 3 is 2.68 bits per heavy atom. The van der Waals surface area contributed by atoms with E-state index in [4.69, 9.17) is 0 Å². The lowest BCUT2D eigenvalue weighted by Crippen LogP contribution is -1.77. The largest absolute Gasteiger partial charge is 0.265 e. The van der Waals surface area contributed by atoms with E-state index in [9.17, 15) is 5.26 Å². The molecule has 3 heteroatoms. The first-order chi connectivity index (χ1) is 9.36. The van der Waals surface area contributed by atoms with E-state index in [1.165, 1.54) is 10.1 Å². The van der Waals surface area contributed by atoms with Crippen molar-refractivity contribution in [2.24, 2.45) is 0 Å². The predicted molar refractivity (Wildman–Crippen MR) is 79.5 cm³/mol. The number of nitrogens with zero attached hydrogens (tertiary/aromatic N) is 2. The van der Waals surface area contributed by atoms with Gasteiger partial charge in [-0.3, -0.25) is 4.98 Å². The molecule has 0 radical (unpaired) electrons. The number of nitriles is 1. The van der Waals surface area contributed by atoms with Crippen molar-refractivity contribution in [2.75, 3.05) is 0 Å². The molecule has 2 nitrogen and oxygen atoms in total. The summed E-state index contributed by atoms with van der Waals surface area (Å²) in [6.07, 6.45) is 5.35. The van der Waals surface area contributed by atoms with Crippen LogP contribution in [0.15, 0.2) is 54.9 Å². The molecule has 0 unspecified atom stereocenters. The number of aromatic nitrogens is 1. The van der Waals surface area contributed by atoms with Gasteiger partial charge in [0.2, 0.25) is 0 Å². The van der Waals surface area contributed by atoms with Crippen LogP contribution in [0.4, 0.5) is 0 Å². The molecule has 3 aromatic rings. The van der Waals surface area contributed by atoms with Crippen molar-refractivity contribution in [1.82, 2.24) is 4.98 Å². The Bertz CT molecular complexity index is 746. The minimum absolute atomic E-state index is 0.687. The standard InChI is InChI=1S/C16H10N2S/c17-11-14(9-12-5-7-18-8-6-12)16-10-13-3-1-2-4-15(13)19-16/h1-10H. The van der Waals surface area contributed by atoms with Crippen LogP contribution in [0.25, 0.3) is 21.7 Å². The lowest BCUT2D eigenvalue weighted by atomic mass is 10.1. The molecule has 0 aliphatic heterocycles. The molecule has 0 spiro atoms. The molecule has 0 aliphatic carbocycles. The first-order valence-electron chi connectivity index (χ1n) is 5.87. The zero-order chi connectivity index (χ0) is 13.1. The maximum absolute atomic E-state index is 9.34. The van der Waals surface area contributed by atoms with Crippen LogP contribution in [0.2, 0.25) is 0 Å². The van der Waals surface area contributed by atoms with Crippen molar-refractivity contribution >= 4 is 33.1 Å². The number of rotatable bonds is 2. The first kappa shape index (κ1) is 11.6. The molecule has 19 heavy (non-hydrogen) atoms. The zero-order valence-electron chi connectivity index (χ0n) is 10.1. The van der Waals surface area contributed by atoms with Crippen LogP contribution < -0.4 is 0 Å². The Morgan fingerprint density at radius 1 is 1.16 bits per heavy atom. The van der Waals surface area contributed by atoms with Crippen molar-refractivity contribution in [3.8, 4) is 6.07 Å². The third-order valence-electron chi connectivity index (χ3n) is 2.83. The quantitative estimate of drug-likeness (QED) is 0.643. The summed E-state index contributed by atoms with van der Waals surface area (Å²) in [5.41, 5.74) is 1.68. The van der Waals surface area contributed by atoms with Gasteiger partial charge in [-0.2, -0.15) is 5.26 Å². The van der Waals surface area contributed by atoms with Crippen molar-refractivity contribution < 1.29 is 0 Å². The summed E-state index contributed by atoms with van der Waals surface area (Å²) in [5, 5.41) is 10.5. The summed E-state index contributed by atoms with van der Waals surface area (Å²) in [6, 6.07) is 16.3. The average Bonchev–Trinajstić information content (AvgIpc) is 2.89. The SMILES string of the molecule is N#CC(=Cc1ccncc1)c1cc2ccccc2s1. The number of allylic oxidation sites excluding steroid dienone is 1. The van der Waals surface area contributed by atoms with E-state index in [0.717, 1.165) is 10.4 Å². The van der Waals surface area contributed by atoms with Crippen LogP contribution in [-0.2, 0) is 0 Å². The maximum atomic E-state index is 9.34. The van der Waals surface area contributed by atoms with Gasteiger partial charge in [0.15, 0.2) is 0 Å². The fraction of sp³-hybridized carbons (Fsp3) is 0. The van der Waals surface area contributed by atoms with Gasteiger partial charge in [0.05, 0.1) is 5.57 Å². The monoisotopic (exact) mass is 262 g/mol. The summed E-state index contributed by atoms with van der Waals surface area (Å²) in [4.78, 5) is 4.98. The van der Waals surface area contributed by atoms with Crippen molar-refractivity contribution in [3.63, 3.8) is 0 Å². The molecule has 0 amide bonds. The number of thiophene rings is 1. The van der Waals surface area contributed by atoms with E-state index in [-0.39, 0.29) is 0 Å². The molecule has 0 fully saturated rings. The molecule has 0 saturated heterocycles. The Hall–Kier alpha value is -2.44.